The van der Waals surface area contributed by atoms with Crippen molar-refractivity contribution in [2.24, 2.45) is 0 Å². The number of likely N-dealkylation sites (N-methyl/N-ethyl adjacent to an activating group) is 1. The number of rotatable bonds is 13. The summed E-state index contributed by atoms with van der Waals surface area (Å²) in [7, 11) is 1.63. The van der Waals surface area contributed by atoms with Gasteiger partial charge in [-0.3, -0.25) is 0 Å². The van der Waals surface area contributed by atoms with Crippen molar-refractivity contribution in [1.29, 1.82) is 0 Å². The number of hydrogen-bond donors (Lipinski definition) is 2. The zero-order chi connectivity index (χ0) is 21.9. The molecule has 7 nitrogen and oxygen atoms in total. The van der Waals surface area contributed by atoms with Gasteiger partial charge in [-0.1, -0.05) is 19.9 Å². The number of aromatic nitrogens is 2. The van der Waals surface area contributed by atoms with Gasteiger partial charge in [0.25, 0.3) is 0 Å². The van der Waals surface area contributed by atoms with Crippen LogP contribution in [0, 0.1) is 13.8 Å². The predicted octanol–water partition coefficient (Wildman–Crippen LogP) is 2.52. The number of hydrogen-bond acceptors (Lipinski definition) is 7. The third-order valence-electron chi connectivity index (χ3n) is 4.91. The summed E-state index contributed by atoms with van der Waals surface area (Å²) in [6.07, 6.45) is 0.245. The van der Waals surface area contributed by atoms with E-state index in [1.165, 1.54) is 0 Å². The van der Waals surface area contributed by atoms with Crippen LogP contribution in [0.4, 0.5) is 0 Å². The van der Waals surface area contributed by atoms with Crippen LogP contribution in [-0.4, -0.2) is 66.0 Å². The second kappa shape index (κ2) is 12.5. The molecule has 0 unspecified atom stereocenters. The van der Waals surface area contributed by atoms with E-state index in [4.69, 9.17) is 9.47 Å². The molecule has 0 aliphatic heterocycles. The third-order valence-corrected chi connectivity index (χ3v) is 4.91. The fraction of sp³-hybridized carbons (Fsp3) is 0.565. The summed E-state index contributed by atoms with van der Waals surface area (Å²) in [4.78, 5) is 11.1. The van der Waals surface area contributed by atoms with Gasteiger partial charge in [-0.15, -0.1) is 0 Å². The zero-order valence-electron chi connectivity index (χ0n) is 18.9. The summed E-state index contributed by atoms with van der Waals surface area (Å²) >= 11 is 0. The lowest BCUT2D eigenvalue weighted by Gasteiger charge is -2.22. The summed E-state index contributed by atoms with van der Waals surface area (Å²) in [5, 5.41) is 13.6. The standard InChI is InChI=1S/C23H36N4O3/c1-6-27(7-2)15-20(28)16-30-21-9-8-19(13-22(21)29-5)14-24-11-10-23-25-17(3)12-18(4)26-23/h8-9,12-13,20,24,28H,6-7,10-11,14-16H2,1-5H3/t20-/m0/s1. The molecular formula is C23H36N4O3. The molecule has 2 rings (SSSR count). The molecule has 166 valence electrons. The van der Waals surface area contributed by atoms with Gasteiger partial charge in [-0.2, -0.15) is 0 Å². The summed E-state index contributed by atoms with van der Waals surface area (Å²) < 4.78 is 11.3. The average Bonchev–Trinajstić information content (AvgIpc) is 2.73. The Balaban J connectivity index is 1.82. The second-order valence-electron chi connectivity index (χ2n) is 7.43. The van der Waals surface area contributed by atoms with Crippen LogP contribution in [0.3, 0.4) is 0 Å². The molecular weight excluding hydrogens is 380 g/mol. The van der Waals surface area contributed by atoms with Gasteiger partial charge >= 0.3 is 0 Å². The van der Waals surface area contributed by atoms with E-state index >= 15 is 0 Å². The van der Waals surface area contributed by atoms with Crippen LogP contribution < -0.4 is 14.8 Å². The van der Waals surface area contributed by atoms with E-state index in [1.54, 1.807) is 7.11 Å². The number of aryl methyl sites for hydroxylation is 2. The van der Waals surface area contributed by atoms with Crippen LogP contribution in [0.5, 0.6) is 11.5 Å². The van der Waals surface area contributed by atoms with Crippen molar-refractivity contribution < 1.29 is 14.6 Å². The van der Waals surface area contributed by atoms with Gasteiger partial charge in [0, 0.05) is 37.4 Å². The molecule has 0 bridgehead atoms. The normalized spacial score (nSPS) is 12.2. The molecule has 0 saturated heterocycles. The zero-order valence-corrected chi connectivity index (χ0v) is 18.9. The minimum Gasteiger partial charge on any atom is -0.493 e. The number of nitrogens with zero attached hydrogens (tertiary/aromatic N) is 3. The van der Waals surface area contributed by atoms with Gasteiger partial charge in [0.1, 0.15) is 18.5 Å². The lowest BCUT2D eigenvalue weighted by atomic mass is 10.2. The van der Waals surface area contributed by atoms with Crippen molar-refractivity contribution in [2.45, 2.75) is 46.8 Å². The van der Waals surface area contributed by atoms with Gasteiger partial charge in [0.05, 0.1) is 7.11 Å². The summed E-state index contributed by atoms with van der Waals surface area (Å²) in [6.45, 7) is 12.3. The minimum atomic E-state index is -0.538. The van der Waals surface area contributed by atoms with Crippen LogP contribution in [0.2, 0.25) is 0 Å². The Morgan fingerprint density at radius 2 is 1.77 bits per heavy atom. The molecule has 2 N–H and O–H groups in total. The van der Waals surface area contributed by atoms with E-state index in [9.17, 15) is 5.11 Å². The van der Waals surface area contributed by atoms with Crippen LogP contribution in [-0.2, 0) is 13.0 Å². The molecule has 0 aliphatic carbocycles. The van der Waals surface area contributed by atoms with Gasteiger partial charge in [-0.05, 0) is 50.7 Å². The Kier molecular flexibility index (Phi) is 10.00. The quantitative estimate of drug-likeness (QED) is 0.486. The molecule has 0 aliphatic rings. The van der Waals surface area contributed by atoms with Crippen LogP contribution >= 0.6 is 0 Å². The van der Waals surface area contributed by atoms with E-state index in [2.05, 4.69) is 34.0 Å². The number of methoxy groups -OCH3 is 1. The molecule has 2 aromatic rings. The Bertz CT molecular complexity index is 761. The summed E-state index contributed by atoms with van der Waals surface area (Å²) in [6, 6.07) is 7.85. The van der Waals surface area contributed by atoms with Crippen molar-refractivity contribution in [2.75, 3.05) is 39.9 Å². The number of aliphatic hydroxyl groups excluding tert-OH is 1. The van der Waals surface area contributed by atoms with Gasteiger partial charge in [-0.25, -0.2) is 9.97 Å². The first-order chi connectivity index (χ1) is 14.4. The maximum absolute atomic E-state index is 10.2. The molecule has 0 fully saturated rings. The third kappa shape index (κ3) is 7.89. The van der Waals surface area contributed by atoms with Crippen molar-refractivity contribution in [1.82, 2.24) is 20.2 Å². The molecule has 1 heterocycles. The first kappa shape index (κ1) is 24.1. The number of aliphatic hydroxyl groups is 1. The predicted molar refractivity (Wildman–Crippen MR) is 119 cm³/mol. The number of benzene rings is 1. The first-order valence-corrected chi connectivity index (χ1v) is 10.7. The lowest BCUT2D eigenvalue weighted by molar-refractivity contribution is 0.0705. The maximum Gasteiger partial charge on any atom is 0.161 e. The molecule has 1 aromatic carbocycles. The second-order valence-corrected chi connectivity index (χ2v) is 7.43. The lowest BCUT2D eigenvalue weighted by Crippen LogP contribution is -2.35. The largest absolute Gasteiger partial charge is 0.493 e. The summed E-state index contributed by atoms with van der Waals surface area (Å²) in [5.74, 6) is 2.18. The van der Waals surface area contributed by atoms with Gasteiger partial charge in [0.2, 0.25) is 0 Å². The Labute approximate surface area is 180 Å². The highest BCUT2D eigenvalue weighted by Gasteiger charge is 2.12. The minimum absolute atomic E-state index is 0.236. The highest BCUT2D eigenvalue weighted by atomic mass is 16.5. The summed E-state index contributed by atoms with van der Waals surface area (Å²) in [5.41, 5.74) is 3.10. The van der Waals surface area contributed by atoms with Crippen molar-refractivity contribution >= 4 is 0 Å². The molecule has 7 heteroatoms. The van der Waals surface area contributed by atoms with Crippen LogP contribution in [0.1, 0.15) is 36.6 Å². The topological polar surface area (TPSA) is 79.7 Å². The Morgan fingerprint density at radius 3 is 2.40 bits per heavy atom. The van der Waals surface area contributed by atoms with Gasteiger partial charge in [0.15, 0.2) is 11.5 Å². The van der Waals surface area contributed by atoms with E-state index in [0.29, 0.717) is 24.6 Å². The number of nitrogens with one attached hydrogen (secondary N) is 1. The molecule has 1 aromatic heterocycles. The first-order valence-electron chi connectivity index (χ1n) is 10.7. The molecule has 0 saturated carbocycles. The Hall–Kier alpha value is -2.22. The fourth-order valence-corrected chi connectivity index (χ4v) is 3.30. The fourth-order valence-electron chi connectivity index (χ4n) is 3.30. The van der Waals surface area contributed by atoms with Crippen molar-refractivity contribution in [3.8, 4) is 11.5 Å². The Morgan fingerprint density at radius 1 is 1.07 bits per heavy atom. The van der Waals surface area contributed by atoms with Crippen LogP contribution in [0.25, 0.3) is 0 Å². The van der Waals surface area contributed by atoms with E-state index in [1.807, 2.05) is 38.1 Å². The average molecular weight is 417 g/mol. The molecule has 1 atom stereocenters. The smallest absolute Gasteiger partial charge is 0.161 e. The van der Waals surface area contributed by atoms with Gasteiger partial charge < -0.3 is 24.8 Å². The van der Waals surface area contributed by atoms with Crippen molar-refractivity contribution in [3.05, 3.63) is 47.0 Å². The molecule has 30 heavy (non-hydrogen) atoms. The SMILES string of the molecule is CCN(CC)C[C@H](O)COc1ccc(CNCCc2nc(C)cc(C)n2)cc1OC. The van der Waals surface area contributed by atoms with E-state index < -0.39 is 6.10 Å². The molecule has 0 radical (unpaired) electrons. The van der Waals surface area contributed by atoms with E-state index in [-0.39, 0.29) is 6.61 Å². The van der Waals surface area contributed by atoms with E-state index in [0.717, 1.165) is 48.8 Å². The monoisotopic (exact) mass is 416 g/mol. The molecule has 0 spiro atoms. The highest BCUT2D eigenvalue weighted by Crippen LogP contribution is 2.28. The highest BCUT2D eigenvalue weighted by molar-refractivity contribution is 5.43. The van der Waals surface area contributed by atoms with Crippen LogP contribution in [0.15, 0.2) is 24.3 Å². The maximum atomic E-state index is 10.2. The number of ether oxygens (including phenoxy) is 2. The molecule has 0 amide bonds. The van der Waals surface area contributed by atoms with Crippen molar-refractivity contribution in [3.63, 3.8) is 0 Å².